The summed E-state index contributed by atoms with van der Waals surface area (Å²) in [5, 5.41) is 30.5. The number of aliphatic hydroxyl groups is 1. The largest absolute Gasteiger partial charge is 2.00 e. The van der Waals surface area contributed by atoms with Crippen LogP contribution in [-0.4, -0.2) is 154 Å². The molecule has 4 heterocycles. The van der Waals surface area contributed by atoms with Gasteiger partial charge in [0.15, 0.2) is 52.1 Å². The summed E-state index contributed by atoms with van der Waals surface area (Å²) in [6.45, 7) is 29.2. The van der Waals surface area contributed by atoms with Gasteiger partial charge in [-0.25, -0.2) is 54.3 Å². The first kappa shape index (κ1) is 132. The van der Waals surface area contributed by atoms with Crippen LogP contribution in [0.1, 0.15) is 173 Å². The summed E-state index contributed by atoms with van der Waals surface area (Å²) in [5.41, 5.74) is -1.14. The quantitative estimate of drug-likeness (QED) is 0.00545. The van der Waals surface area contributed by atoms with Crippen molar-refractivity contribution >= 4 is 236 Å². The maximum Gasteiger partial charge on any atom is 2.00 e. The predicted molar refractivity (Wildman–Crippen MR) is 556 cm³/mol. The summed E-state index contributed by atoms with van der Waals surface area (Å²) in [4.78, 5) is 98.8. The van der Waals surface area contributed by atoms with E-state index in [0.29, 0.717) is 66.3 Å². The number of carboxylic acid groups (broad SMARTS) is 1. The first-order valence-electron chi connectivity index (χ1n) is 43.3. The van der Waals surface area contributed by atoms with Crippen molar-refractivity contribution < 1.29 is 147 Å². The minimum atomic E-state index is -4.43. The normalized spacial score (nSPS) is 11.6. The second-order valence-electron chi connectivity index (χ2n) is 32.5. The van der Waals surface area contributed by atoms with Crippen LogP contribution in [0.3, 0.4) is 0 Å². The second kappa shape index (κ2) is 60.5. The number of ether oxygens (including phenoxy) is 6. The van der Waals surface area contributed by atoms with Crippen molar-refractivity contribution in [1.82, 2.24) is 19.1 Å². The molecule has 1 saturated carbocycles. The monoisotopic (exact) mass is 2380 g/mol. The number of aryl methyl sites for hydroxylation is 2. The number of carbonyl (C=O) groups excluding carboxylic acids is 6. The molecule has 9 aromatic carbocycles. The van der Waals surface area contributed by atoms with E-state index in [-0.39, 0.29) is 199 Å². The molecule has 0 radical (unpaired) electrons. The van der Waals surface area contributed by atoms with Crippen LogP contribution in [0.2, 0.25) is 25.1 Å². The van der Waals surface area contributed by atoms with E-state index in [1.807, 2.05) is 33.8 Å². The third-order valence-corrected chi connectivity index (χ3v) is 25.6. The molecule has 0 aliphatic heterocycles. The molecule has 0 amide bonds. The predicted octanol–water partition coefficient (Wildman–Crippen LogP) is 27.4. The Morgan fingerprint density at radius 1 is 0.507 bits per heavy atom. The van der Waals surface area contributed by atoms with Crippen molar-refractivity contribution in [1.29, 1.82) is 0 Å². The first-order chi connectivity index (χ1) is 67.9. The third kappa shape index (κ3) is 36.2. The number of halogens is 19. The number of hydrogen-bond donors (Lipinski definition) is 5. The van der Waals surface area contributed by atoms with Crippen LogP contribution in [0, 0.1) is 96.2 Å². The molecule has 1 aliphatic rings. The van der Waals surface area contributed by atoms with Crippen molar-refractivity contribution in [2.45, 2.75) is 207 Å². The maximum absolute atomic E-state index is 15.1. The molecule has 796 valence electrons. The van der Waals surface area contributed by atoms with Gasteiger partial charge in [0.25, 0.3) is 0 Å². The Bertz CT molecular complexity index is 6890. The third-order valence-electron chi connectivity index (χ3n) is 19.5. The molecule has 13 aromatic rings. The number of rotatable bonds is 20. The van der Waals surface area contributed by atoms with Crippen LogP contribution in [0.4, 0.5) is 58.4 Å². The van der Waals surface area contributed by atoms with Crippen LogP contribution in [0.5, 0.6) is 0 Å². The maximum atomic E-state index is 15.1. The number of benzene rings is 9. The summed E-state index contributed by atoms with van der Waals surface area (Å²) >= 11 is 38.5. The standard InChI is InChI=1S/C24H24ClF2NO4S.C20H16ClF2NO4S.C18H14ClF2NO2S.C9H7ClFN.C9H9FO2S.C6H11BrO2.C6H3ClFNO2.C6H9F3O.C3H5.CH4.BrH.Mg/c1-6-31-23(30)14-8-7-9-17(19(14)26)33-22-13(2)28(12-18(29)32-24(3,4)5)21-15(22)10-11-16(25)20(21)27;1-3-28-20(27)11-5-4-6-14(16(11)22)29-19-10(2)24(9-15(25)26)18-12(19)7-8-13(21)17(18)23;1-3-24-18(23)10-5-4-6-13(14(10)20)25-17-9(2)22-16-11(17)7-8-12(19)15(16)21;1-5-4-6-2-3-7(10)8(11)9(6)12-5;1-2-12-9(11)6-4-3-5-7(13)8(6)10;1-6(2,3)9-5(8)4-7;7-4-2-1-3-5(6(4)8)9(10)11;7-6(8,9)5(10)3-1-2-4-5;1-3-2;;;/h7-11H,6,12H2,1-5H3;4-8H,3,9H2,1-2H3,(H,25,26);4-8,22H,3H2,1-2H3;2-4,12H,1H3;3-5,13H,2H2,1H3;4H2,1-3H3;1-3H;10H,1-4H2;1H2,2H3;1H4;1H;/q;;;;;;;;-1;;;+2/p-1. The number of esters is 6. The summed E-state index contributed by atoms with van der Waals surface area (Å²) in [6.07, 6.45) is -1.22. The number of carboxylic acids is 1. The van der Waals surface area contributed by atoms with Gasteiger partial charge in [-0.15, -0.1) is 12.6 Å². The zero-order chi connectivity index (χ0) is 109. The summed E-state index contributed by atoms with van der Waals surface area (Å²) in [6, 6.07) is 35.6. The van der Waals surface area contributed by atoms with Crippen LogP contribution in [0.15, 0.2) is 186 Å². The number of allylic oxidation sites excluding steroid dienone is 1. The molecule has 0 unspecified atom stereocenters. The number of alkyl halides is 4. The van der Waals surface area contributed by atoms with E-state index in [1.165, 1.54) is 88.0 Å². The number of nitrogens with one attached hydrogen (secondary N) is 2. The van der Waals surface area contributed by atoms with Gasteiger partial charge in [-0.1, -0.05) is 166 Å². The molecule has 0 spiro atoms. The SMILES string of the molecule is C.C=[C-]C.CC(C)(C)OC(=O)CBr.CCOC(=O)c1cccc(S)c1F.CCOC(=O)c1cccc(Sc2c(C)[nH]c3c(F)c(Cl)ccc23)c1F.CCOC(=O)c1cccc(Sc2c(C)n(CC(=O)O)c3c(F)c(Cl)ccc23)c1F.CCOC(=O)c1cccc(Sc2c(C)n(CC(=O)OC(C)(C)C)c3c(F)c(Cl)ccc23)c1F.Cc1cc2ccc(Cl)c(F)c2[nH]1.O=[N+]([O-])c1cccc(Cl)c1F.OC1(C(F)(F)F)CCCC1.[Br-].[Mg+2]. The smallest absolute Gasteiger partial charge is 1.00 e. The van der Waals surface area contributed by atoms with Gasteiger partial charge < -0.3 is 80.8 Å². The zero-order valence-corrected chi connectivity index (χ0v) is 93.0. The topological polar surface area (TPSA) is 300 Å². The van der Waals surface area contributed by atoms with E-state index in [1.54, 1.807) is 131 Å². The number of nitro benzene ring substituents is 1. The molecule has 14 rings (SSSR count). The van der Waals surface area contributed by atoms with E-state index >= 15 is 8.78 Å². The average molecular weight is 2390 g/mol. The van der Waals surface area contributed by atoms with Crippen molar-refractivity contribution in [2.24, 2.45) is 0 Å². The van der Waals surface area contributed by atoms with E-state index in [2.05, 4.69) is 55.9 Å². The molecular weight excluding hydrogens is 2280 g/mol. The minimum Gasteiger partial charge on any atom is -1.00 e. The van der Waals surface area contributed by atoms with E-state index in [0.717, 1.165) is 52.4 Å². The fraction of sp³-hybridized carbons (Fsp3) is 0.304. The number of aromatic amines is 2. The van der Waals surface area contributed by atoms with Gasteiger partial charge in [0, 0.05) is 84.7 Å². The van der Waals surface area contributed by atoms with Gasteiger partial charge in [-0.2, -0.15) is 24.5 Å². The van der Waals surface area contributed by atoms with Crippen LogP contribution < -0.4 is 17.0 Å². The van der Waals surface area contributed by atoms with E-state index in [4.69, 9.17) is 86.8 Å². The number of hydrogen-bond acceptors (Lipinski definition) is 20. The number of nitro groups is 1. The van der Waals surface area contributed by atoms with Gasteiger partial charge in [0.1, 0.15) is 29.6 Å². The number of thiol groups is 1. The summed E-state index contributed by atoms with van der Waals surface area (Å²) in [7, 11) is 0. The van der Waals surface area contributed by atoms with Gasteiger partial charge in [0.2, 0.25) is 5.82 Å². The zero-order valence-electron chi connectivity index (χ0n) is 81.3. The fourth-order valence-corrected chi connectivity index (χ4v) is 17.6. The number of H-pyrrole nitrogens is 2. The molecule has 4 N–H and O–H groups in total. The van der Waals surface area contributed by atoms with Crippen molar-refractivity contribution in [3.63, 3.8) is 0 Å². The Labute approximate surface area is 924 Å². The minimum absolute atomic E-state index is 0. The Balaban J connectivity index is 0.000000450. The van der Waals surface area contributed by atoms with Crippen LogP contribution in [-0.2, 0) is 55.9 Å². The molecule has 0 atom stereocenters. The number of carbonyl (C=O) groups is 7. The Kier molecular flexibility index (Phi) is 54.1. The van der Waals surface area contributed by atoms with Crippen LogP contribution >= 0.6 is 122 Å². The second-order valence-corrected chi connectivity index (χ2v) is 38.7. The van der Waals surface area contributed by atoms with Crippen molar-refractivity contribution in [2.75, 3.05) is 31.8 Å². The first-order valence-corrected chi connectivity index (χ1v) is 49.3. The van der Waals surface area contributed by atoms with E-state index < -0.39 is 117 Å². The molecule has 46 heteroatoms. The number of aromatic nitrogens is 4. The Hall–Kier alpha value is -9.73. The Morgan fingerprint density at radius 2 is 0.851 bits per heavy atom. The van der Waals surface area contributed by atoms with Gasteiger partial charge in [-0.05, 0) is 213 Å². The summed E-state index contributed by atoms with van der Waals surface area (Å²) in [5.74, 6) is -11.0. The van der Waals surface area contributed by atoms with Crippen molar-refractivity contribution in [3.05, 3.63) is 291 Å². The number of fused-ring (bicyclic) bond motifs is 4. The van der Waals surface area contributed by atoms with Crippen LogP contribution in [0.25, 0.3) is 43.6 Å². The number of aliphatic carboxylic acids is 1. The van der Waals surface area contributed by atoms with Crippen molar-refractivity contribution in [3.8, 4) is 0 Å². The summed E-state index contributed by atoms with van der Waals surface area (Å²) < 4.78 is 196. The molecule has 4 aromatic heterocycles. The molecule has 0 bridgehead atoms. The number of nitrogens with zero attached hydrogens (tertiary/aromatic N) is 3. The molecule has 0 saturated heterocycles. The molecule has 22 nitrogen and oxygen atoms in total. The fourth-order valence-electron chi connectivity index (χ4n) is 13.3. The van der Waals surface area contributed by atoms with Gasteiger partial charge >= 0.3 is 76.7 Å². The molecule has 1 fully saturated rings. The average Bonchev–Trinajstić information content (AvgIpc) is 1.60. The molecular formula is C102H102Br2Cl5F12MgN5O17S4. The Morgan fingerprint density at radius 3 is 1.21 bits per heavy atom. The van der Waals surface area contributed by atoms with Gasteiger partial charge in [-0.3, -0.25) is 31.1 Å². The van der Waals surface area contributed by atoms with Gasteiger partial charge in [0.05, 0.1) is 101 Å². The molecule has 1 aliphatic carbocycles. The molecule has 148 heavy (non-hydrogen) atoms. The van der Waals surface area contributed by atoms with E-state index in [9.17, 15) is 92.7 Å².